The second-order valence-corrected chi connectivity index (χ2v) is 8.81. The Kier molecular flexibility index (Phi) is 4.61. The second-order valence-electron chi connectivity index (χ2n) is 5.97. The molecule has 120 valence electrons. The minimum absolute atomic E-state index is 0.0434. The molecule has 0 aliphatic heterocycles. The number of amides is 1. The number of nitrogens with two attached hydrogens (primary N) is 1. The first-order valence-corrected chi connectivity index (χ1v) is 9.40. The summed E-state index contributed by atoms with van der Waals surface area (Å²) in [6.45, 7) is 3.72. The molecule has 0 aromatic carbocycles. The highest BCUT2D eigenvalue weighted by molar-refractivity contribution is 7.91. The van der Waals surface area contributed by atoms with E-state index in [4.69, 9.17) is 5.14 Å². The molecule has 22 heavy (non-hydrogen) atoms. The van der Waals surface area contributed by atoms with Crippen LogP contribution < -0.4 is 10.5 Å². The van der Waals surface area contributed by atoms with Crippen LogP contribution in [0.2, 0.25) is 0 Å². The van der Waals surface area contributed by atoms with Gasteiger partial charge in [-0.1, -0.05) is 13.3 Å². The minimum atomic E-state index is -3.83. The smallest absolute Gasteiger partial charge is 0.262 e. The molecular weight excluding hydrogens is 322 g/mol. The van der Waals surface area contributed by atoms with Gasteiger partial charge in [0.15, 0.2) is 0 Å². The molecule has 1 fully saturated rings. The predicted molar refractivity (Wildman–Crippen MR) is 83.9 cm³/mol. The number of hydrogen-bond acceptors (Lipinski definition) is 5. The zero-order valence-electron chi connectivity index (χ0n) is 12.5. The lowest BCUT2D eigenvalue weighted by Crippen LogP contribution is -2.50. The molecule has 1 aromatic heterocycles. The van der Waals surface area contributed by atoms with E-state index in [-0.39, 0.29) is 9.09 Å². The van der Waals surface area contributed by atoms with Crippen molar-refractivity contribution >= 4 is 27.3 Å². The maximum absolute atomic E-state index is 12.5. The second kappa shape index (κ2) is 5.99. The van der Waals surface area contributed by atoms with Crippen LogP contribution in [0.5, 0.6) is 0 Å². The minimum Gasteiger partial charge on any atom is -0.333 e. The summed E-state index contributed by atoms with van der Waals surface area (Å²) in [7, 11) is -3.83. The van der Waals surface area contributed by atoms with E-state index in [0.29, 0.717) is 24.3 Å². The van der Waals surface area contributed by atoms with Crippen molar-refractivity contribution in [3.63, 3.8) is 0 Å². The van der Waals surface area contributed by atoms with E-state index in [1.165, 1.54) is 6.07 Å². The summed E-state index contributed by atoms with van der Waals surface area (Å²) in [6.07, 6.45) is 3.17. The largest absolute Gasteiger partial charge is 0.333 e. The van der Waals surface area contributed by atoms with Crippen LogP contribution in [0, 0.1) is 24.2 Å². The van der Waals surface area contributed by atoms with Crippen LogP contribution in [-0.4, -0.2) is 19.9 Å². The zero-order valence-corrected chi connectivity index (χ0v) is 14.2. The molecule has 6 nitrogen and oxygen atoms in total. The van der Waals surface area contributed by atoms with Gasteiger partial charge in [0, 0.05) is 0 Å². The first-order chi connectivity index (χ1) is 10.2. The number of nitrogens with zero attached hydrogens (tertiary/aromatic N) is 1. The van der Waals surface area contributed by atoms with Gasteiger partial charge < -0.3 is 5.32 Å². The number of aryl methyl sites for hydroxylation is 1. The van der Waals surface area contributed by atoms with Crippen LogP contribution in [0.1, 0.15) is 47.8 Å². The van der Waals surface area contributed by atoms with Crippen molar-refractivity contribution in [2.45, 2.75) is 49.3 Å². The Balaban J connectivity index is 2.26. The summed E-state index contributed by atoms with van der Waals surface area (Å²) in [4.78, 5) is 12.7. The molecule has 0 saturated heterocycles. The van der Waals surface area contributed by atoms with Gasteiger partial charge in [-0.3, -0.25) is 4.79 Å². The summed E-state index contributed by atoms with van der Waals surface area (Å²) in [6, 6.07) is 3.62. The van der Waals surface area contributed by atoms with E-state index in [1.807, 2.05) is 0 Å². The molecule has 1 heterocycles. The van der Waals surface area contributed by atoms with Crippen molar-refractivity contribution in [2.24, 2.45) is 11.1 Å². The highest BCUT2D eigenvalue weighted by Gasteiger charge is 2.37. The van der Waals surface area contributed by atoms with E-state index in [0.717, 1.165) is 24.2 Å². The fraction of sp³-hybridized carbons (Fsp3) is 0.571. The average Bonchev–Trinajstić information content (AvgIpc) is 2.81. The van der Waals surface area contributed by atoms with Crippen molar-refractivity contribution in [1.82, 2.24) is 5.32 Å². The van der Waals surface area contributed by atoms with Crippen LogP contribution >= 0.6 is 11.3 Å². The van der Waals surface area contributed by atoms with E-state index in [1.54, 1.807) is 6.92 Å². The third-order valence-corrected chi connectivity index (χ3v) is 6.60. The number of primary sulfonamides is 1. The monoisotopic (exact) mass is 341 g/mol. The van der Waals surface area contributed by atoms with E-state index >= 15 is 0 Å². The fourth-order valence-electron chi connectivity index (χ4n) is 2.89. The van der Waals surface area contributed by atoms with Crippen LogP contribution in [0.3, 0.4) is 0 Å². The summed E-state index contributed by atoms with van der Waals surface area (Å²) in [5.74, 6) is -0.0360. The van der Waals surface area contributed by atoms with Crippen LogP contribution in [-0.2, 0) is 10.0 Å². The SMILES string of the molecule is Cc1cc(S(N)(=O)=O)sc1C(=O)N[C@]1(C#N)CCC[C@@H](C)C1. The first-order valence-electron chi connectivity index (χ1n) is 7.04. The van der Waals surface area contributed by atoms with Crippen molar-refractivity contribution < 1.29 is 13.2 Å². The van der Waals surface area contributed by atoms with Crippen molar-refractivity contribution in [3.8, 4) is 6.07 Å². The number of hydrogen-bond donors (Lipinski definition) is 2. The van der Waals surface area contributed by atoms with Crippen LogP contribution in [0.4, 0.5) is 0 Å². The Morgan fingerprint density at radius 2 is 2.27 bits per heavy atom. The lowest BCUT2D eigenvalue weighted by Gasteiger charge is -2.34. The Hall–Kier alpha value is -1.43. The molecule has 2 atom stereocenters. The molecule has 0 spiro atoms. The van der Waals surface area contributed by atoms with Gasteiger partial charge in [0.25, 0.3) is 5.91 Å². The molecular formula is C14H19N3O3S2. The summed E-state index contributed by atoms with van der Waals surface area (Å²) >= 11 is 0.839. The topological polar surface area (TPSA) is 113 Å². The van der Waals surface area contributed by atoms with E-state index < -0.39 is 21.5 Å². The van der Waals surface area contributed by atoms with Gasteiger partial charge in [-0.05, 0) is 43.7 Å². The maximum atomic E-state index is 12.5. The van der Waals surface area contributed by atoms with Gasteiger partial charge in [-0.25, -0.2) is 13.6 Å². The number of rotatable bonds is 3. The Bertz CT molecular complexity index is 733. The number of nitriles is 1. The number of carbonyl (C=O) groups is 1. The van der Waals surface area contributed by atoms with Gasteiger partial charge >= 0.3 is 0 Å². The predicted octanol–water partition coefficient (Wildman–Crippen LogP) is 1.91. The van der Waals surface area contributed by atoms with Gasteiger partial charge in [-0.2, -0.15) is 5.26 Å². The van der Waals surface area contributed by atoms with Crippen LogP contribution in [0.15, 0.2) is 10.3 Å². The standard InChI is InChI=1S/C14H19N3O3S2/c1-9-4-3-5-14(7-9,8-15)17-13(18)12-10(2)6-11(21-12)22(16,19)20/h6,9H,3-5,7H2,1-2H3,(H,17,18)(H2,16,19,20)/t9-,14-/m1/s1. The van der Waals surface area contributed by atoms with Gasteiger partial charge in [0.1, 0.15) is 9.75 Å². The normalized spacial score (nSPS) is 25.5. The number of thiophene rings is 1. The van der Waals surface area contributed by atoms with E-state index in [9.17, 15) is 18.5 Å². The van der Waals surface area contributed by atoms with Crippen molar-refractivity contribution in [2.75, 3.05) is 0 Å². The molecule has 3 N–H and O–H groups in total. The van der Waals surface area contributed by atoms with Crippen molar-refractivity contribution in [1.29, 1.82) is 5.26 Å². The number of nitrogens with one attached hydrogen (secondary N) is 1. The van der Waals surface area contributed by atoms with Gasteiger partial charge in [0.2, 0.25) is 10.0 Å². The molecule has 1 aromatic rings. The molecule has 1 saturated carbocycles. The Morgan fingerprint density at radius 3 is 2.77 bits per heavy atom. The van der Waals surface area contributed by atoms with Gasteiger partial charge in [-0.15, -0.1) is 11.3 Å². The Morgan fingerprint density at radius 1 is 1.59 bits per heavy atom. The van der Waals surface area contributed by atoms with E-state index in [2.05, 4.69) is 18.3 Å². The molecule has 1 aliphatic carbocycles. The highest BCUT2D eigenvalue weighted by atomic mass is 32.2. The molecule has 8 heteroatoms. The first kappa shape index (κ1) is 16.9. The average molecular weight is 341 g/mol. The Labute approximate surface area is 134 Å². The highest BCUT2D eigenvalue weighted by Crippen LogP contribution is 2.33. The quantitative estimate of drug-likeness (QED) is 0.874. The fourth-order valence-corrected chi connectivity index (χ4v) is 4.74. The maximum Gasteiger partial charge on any atom is 0.262 e. The molecule has 0 unspecified atom stereocenters. The molecule has 0 bridgehead atoms. The molecule has 1 aliphatic rings. The molecule has 1 amide bonds. The third-order valence-electron chi connectivity index (χ3n) is 3.95. The zero-order chi connectivity index (χ0) is 16.5. The number of carbonyl (C=O) groups excluding carboxylic acids is 1. The molecule has 2 rings (SSSR count). The van der Waals surface area contributed by atoms with Gasteiger partial charge in [0.05, 0.1) is 10.9 Å². The molecule has 0 radical (unpaired) electrons. The lowest BCUT2D eigenvalue weighted by atomic mass is 9.77. The number of sulfonamides is 1. The third kappa shape index (κ3) is 3.48. The lowest BCUT2D eigenvalue weighted by molar-refractivity contribution is 0.0894. The summed E-state index contributed by atoms with van der Waals surface area (Å²) in [5.41, 5.74) is -0.323. The summed E-state index contributed by atoms with van der Waals surface area (Å²) in [5, 5.41) is 17.4. The van der Waals surface area contributed by atoms with Crippen LogP contribution in [0.25, 0.3) is 0 Å². The van der Waals surface area contributed by atoms with Crippen molar-refractivity contribution in [3.05, 3.63) is 16.5 Å². The summed E-state index contributed by atoms with van der Waals surface area (Å²) < 4.78 is 22.7.